The molecule has 18 heavy (non-hydrogen) atoms. The van der Waals surface area contributed by atoms with Crippen molar-refractivity contribution in [3.8, 4) is 11.7 Å². The van der Waals surface area contributed by atoms with Gasteiger partial charge < -0.3 is 11.2 Å². The Morgan fingerprint density at radius 3 is 2.28 bits per heavy atom. The highest BCUT2D eigenvalue weighted by Crippen LogP contribution is 2.17. The van der Waals surface area contributed by atoms with Gasteiger partial charge in [-0.25, -0.2) is 0 Å². The van der Waals surface area contributed by atoms with E-state index in [0.717, 1.165) is 22.6 Å². The van der Waals surface area contributed by atoms with E-state index in [9.17, 15) is 0 Å². The molecule has 0 amide bonds. The summed E-state index contributed by atoms with van der Waals surface area (Å²) in [6.07, 6.45) is 8.78. The first-order chi connectivity index (χ1) is 8.81. The molecule has 0 aliphatic heterocycles. The van der Waals surface area contributed by atoms with Crippen molar-refractivity contribution >= 4 is 11.9 Å². The van der Waals surface area contributed by atoms with Crippen molar-refractivity contribution < 1.29 is 4.74 Å². The predicted molar refractivity (Wildman–Crippen MR) is 72.9 cm³/mol. The van der Waals surface area contributed by atoms with Crippen LogP contribution in [-0.4, -0.2) is 13.3 Å². The summed E-state index contributed by atoms with van der Waals surface area (Å²) in [6.45, 7) is 0. The van der Waals surface area contributed by atoms with E-state index < -0.39 is 0 Å². The predicted octanol–water partition coefficient (Wildman–Crippen LogP) is 3.38. The van der Waals surface area contributed by atoms with Gasteiger partial charge in [0.25, 0.3) is 0 Å². The van der Waals surface area contributed by atoms with Crippen LogP contribution in [0.1, 0.15) is 11.1 Å². The zero-order valence-electron chi connectivity index (χ0n) is 10.1. The molecule has 2 aromatic carbocycles. The summed E-state index contributed by atoms with van der Waals surface area (Å²) in [5.41, 5.74) is 2.62. The normalized spacial score (nSPS) is 10.2. The first-order valence-electron chi connectivity index (χ1n) is 5.53. The number of aliphatic imine (C=N–C) groups is 1. The monoisotopic (exact) mass is 234 g/mol. The summed E-state index contributed by atoms with van der Waals surface area (Å²) in [7, 11) is 1.64. The molecule has 2 nitrogen and oxygen atoms in total. The molecule has 0 aliphatic rings. The molecule has 2 rings (SSSR count). The molecular weight excluding hydrogens is 222 g/mol. The largest absolute Gasteiger partial charge is 0.497 e. The molecule has 0 fully saturated rings. The van der Waals surface area contributed by atoms with Crippen LogP contribution < -0.4 is 4.74 Å². The molecule has 2 heteroatoms. The lowest BCUT2D eigenvalue weighted by Gasteiger charge is -2.01. The number of hydrogen-bond donors (Lipinski definition) is 0. The van der Waals surface area contributed by atoms with Gasteiger partial charge in [-0.15, -0.1) is 17.7 Å². The van der Waals surface area contributed by atoms with Crippen LogP contribution in [0.3, 0.4) is 0 Å². The van der Waals surface area contributed by atoms with Gasteiger partial charge in [0.05, 0.1) is 12.8 Å². The van der Waals surface area contributed by atoms with Crippen LogP contribution in [0.15, 0.2) is 53.5 Å². The van der Waals surface area contributed by atoms with Crippen LogP contribution in [0.25, 0.3) is 0 Å². The third-order valence-corrected chi connectivity index (χ3v) is 2.49. The smallest absolute Gasteiger partial charge is 0.119 e. The van der Waals surface area contributed by atoms with Gasteiger partial charge in [0.1, 0.15) is 5.75 Å². The van der Waals surface area contributed by atoms with Crippen molar-refractivity contribution in [3.63, 3.8) is 0 Å². The Balaban J connectivity index is 2.11. The van der Waals surface area contributed by atoms with Crippen molar-refractivity contribution in [1.82, 2.24) is 0 Å². The van der Waals surface area contributed by atoms with E-state index in [1.54, 1.807) is 13.3 Å². The Labute approximate surface area is 107 Å². The maximum absolute atomic E-state index is 6.99. The van der Waals surface area contributed by atoms with Gasteiger partial charge in [-0.05, 0) is 29.8 Å². The Hall–Kier alpha value is -2.53. The van der Waals surface area contributed by atoms with Crippen molar-refractivity contribution in [1.29, 1.82) is 0 Å². The molecule has 0 spiro atoms. The van der Waals surface area contributed by atoms with E-state index in [-0.39, 0.29) is 0 Å². The third-order valence-electron chi connectivity index (χ3n) is 2.49. The number of ether oxygens (including phenoxy) is 1. The van der Waals surface area contributed by atoms with Gasteiger partial charge in [-0.2, -0.15) is 0 Å². The highest BCUT2D eigenvalue weighted by molar-refractivity contribution is 5.82. The number of rotatable bonds is 3. The molecule has 88 valence electrons. The van der Waals surface area contributed by atoms with E-state index in [0.29, 0.717) is 0 Å². The standard InChI is InChI=1S/C16H12NO/c1-3-13-4-6-14(7-5-13)12-17-15-8-10-16(18-2)11-9-15/h4-12H,2H3/q-1. The van der Waals surface area contributed by atoms with Crippen LogP contribution in [-0.2, 0) is 0 Å². The van der Waals surface area contributed by atoms with Gasteiger partial charge >= 0.3 is 0 Å². The average Bonchev–Trinajstić information content (AvgIpc) is 2.46. The molecule has 0 atom stereocenters. The maximum atomic E-state index is 6.99. The lowest BCUT2D eigenvalue weighted by Crippen LogP contribution is -1.82. The van der Waals surface area contributed by atoms with Gasteiger partial charge in [0.2, 0.25) is 0 Å². The van der Waals surface area contributed by atoms with Crippen LogP contribution in [0, 0.1) is 12.3 Å². The molecule has 0 aromatic heterocycles. The van der Waals surface area contributed by atoms with Crippen LogP contribution >= 0.6 is 0 Å². The molecule has 0 saturated heterocycles. The van der Waals surface area contributed by atoms with E-state index in [4.69, 9.17) is 11.2 Å². The fourth-order valence-corrected chi connectivity index (χ4v) is 1.47. The molecule has 0 aliphatic carbocycles. The minimum absolute atomic E-state index is 0.761. The number of benzene rings is 2. The van der Waals surface area contributed by atoms with Gasteiger partial charge in [-0.3, -0.25) is 10.9 Å². The van der Waals surface area contributed by atoms with E-state index in [1.165, 1.54) is 0 Å². The first-order valence-corrected chi connectivity index (χ1v) is 5.53. The summed E-state index contributed by atoms with van der Waals surface area (Å²) in [4.78, 5) is 4.36. The Kier molecular flexibility index (Phi) is 3.78. The second kappa shape index (κ2) is 5.70. The zero-order chi connectivity index (χ0) is 12.8. The van der Waals surface area contributed by atoms with Crippen LogP contribution in [0.5, 0.6) is 5.75 Å². The summed E-state index contributed by atoms with van der Waals surface area (Å²) in [5, 5.41) is 0. The lowest BCUT2D eigenvalue weighted by atomic mass is 10.1. The van der Waals surface area contributed by atoms with Crippen LogP contribution in [0.2, 0.25) is 0 Å². The molecule has 0 radical (unpaired) electrons. The fraction of sp³-hybridized carbons (Fsp3) is 0.0625. The first kappa shape index (κ1) is 11.9. The third kappa shape index (κ3) is 2.99. The second-order valence-electron chi connectivity index (χ2n) is 3.70. The van der Waals surface area contributed by atoms with Crippen molar-refractivity contribution in [2.75, 3.05) is 7.11 Å². The molecule has 0 N–H and O–H groups in total. The highest BCUT2D eigenvalue weighted by atomic mass is 16.5. The molecule has 0 unspecified atom stereocenters. The highest BCUT2D eigenvalue weighted by Gasteiger charge is 1.91. The summed E-state index contributed by atoms with van der Waals surface area (Å²) in [6, 6.07) is 15.0. The van der Waals surface area contributed by atoms with E-state index in [1.807, 2.05) is 48.5 Å². The summed E-state index contributed by atoms with van der Waals surface area (Å²) >= 11 is 0. The maximum Gasteiger partial charge on any atom is 0.119 e. The van der Waals surface area contributed by atoms with Gasteiger partial charge in [0, 0.05) is 6.21 Å². The SMILES string of the molecule is [C-]#Cc1ccc(C=Nc2ccc(OC)cc2)cc1. The molecule has 0 heterocycles. The zero-order valence-corrected chi connectivity index (χ0v) is 10.1. The minimum Gasteiger partial charge on any atom is -0.497 e. The Bertz CT molecular complexity index is 574. The average molecular weight is 234 g/mol. The van der Waals surface area contributed by atoms with Crippen LogP contribution in [0.4, 0.5) is 5.69 Å². The topological polar surface area (TPSA) is 21.6 Å². The van der Waals surface area contributed by atoms with Crippen molar-refractivity contribution in [3.05, 3.63) is 66.1 Å². The fourth-order valence-electron chi connectivity index (χ4n) is 1.47. The van der Waals surface area contributed by atoms with Crippen molar-refractivity contribution in [2.45, 2.75) is 0 Å². The number of methoxy groups -OCH3 is 1. The molecular formula is C16H12NO-. The van der Waals surface area contributed by atoms with Crippen molar-refractivity contribution in [2.24, 2.45) is 4.99 Å². The van der Waals surface area contributed by atoms with E-state index in [2.05, 4.69) is 10.9 Å². The van der Waals surface area contributed by atoms with E-state index >= 15 is 0 Å². The second-order valence-corrected chi connectivity index (χ2v) is 3.70. The molecule has 2 aromatic rings. The van der Waals surface area contributed by atoms with Gasteiger partial charge in [-0.1, -0.05) is 12.1 Å². The quantitative estimate of drug-likeness (QED) is 0.453. The molecule has 0 saturated carbocycles. The number of nitrogens with zero attached hydrogens (tertiary/aromatic N) is 1. The lowest BCUT2D eigenvalue weighted by molar-refractivity contribution is 0.415. The van der Waals surface area contributed by atoms with Gasteiger partial charge in [0.15, 0.2) is 0 Å². The summed E-state index contributed by atoms with van der Waals surface area (Å²) in [5.74, 6) is 3.15. The minimum atomic E-state index is 0.761. The summed E-state index contributed by atoms with van der Waals surface area (Å²) < 4.78 is 5.08. The molecule has 0 bridgehead atoms. The number of hydrogen-bond acceptors (Lipinski definition) is 2. The Morgan fingerprint density at radius 2 is 1.72 bits per heavy atom. The Morgan fingerprint density at radius 1 is 1.06 bits per heavy atom.